The summed E-state index contributed by atoms with van der Waals surface area (Å²) >= 11 is 2.36. The number of aliphatic hydroxyl groups is 1. The van der Waals surface area contributed by atoms with Crippen LogP contribution < -0.4 is 0 Å². The minimum atomic E-state index is 0.0590. The molecular weight excluding hydrogens is 248 g/mol. The third-order valence-electron chi connectivity index (χ3n) is 1.68. The van der Waals surface area contributed by atoms with Crippen molar-refractivity contribution in [2.45, 2.75) is 20.5 Å². The van der Waals surface area contributed by atoms with Crippen LogP contribution in [0.15, 0.2) is 0 Å². The van der Waals surface area contributed by atoms with Crippen LogP contribution in [-0.4, -0.2) is 30.6 Å². The largest absolute Gasteiger partial charge is 0.391 e. The van der Waals surface area contributed by atoms with Crippen LogP contribution in [-0.2, 0) is 6.61 Å². The Morgan fingerprint density at radius 3 is 2.06 bits per heavy atom. The maximum absolute atomic E-state index is 10.0. The van der Waals surface area contributed by atoms with Crippen LogP contribution in [0.2, 0.25) is 0 Å². The Bertz CT molecular complexity index is 454. The fraction of sp³-hybridized carbons (Fsp3) is 0.375. The normalized spacial score (nSPS) is 9.44. The number of rotatable bonds is 2. The molecule has 0 spiro atoms. The summed E-state index contributed by atoms with van der Waals surface area (Å²) < 4.78 is 7.18. The first-order valence-electron chi connectivity index (χ1n) is 4.31. The highest BCUT2D eigenvalue weighted by atomic mass is 32.1. The molecule has 6 nitrogen and oxygen atoms in total. The van der Waals surface area contributed by atoms with Crippen LogP contribution in [0.1, 0.15) is 25.9 Å². The molecule has 0 unspecified atom stereocenters. The molecule has 8 heteroatoms. The van der Waals surface area contributed by atoms with Gasteiger partial charge in [0.2, 0.25) is 0 Å². The molecule has 1 N–H and O–H groups in total. The number of aryl methyl sites for hydroxylation is 2. The van der Waals surface area contributed by atoms with Crippen molar-refractivity contribution in [3.8, 4) is 0 Å². The molecular formula is C8H10N4O2S2. The predicted molar refractivity (Wildman–Crippen MR) is 60.6 cm³/mol. The highest BCUT2D eigenvalue weighted by Gasteiger charge is 1.98. The van der Waals surface area contributed by atoms with Gasteiger partial charge in [0.1, 0.15) is 4.88 Å². The van der Waals surface area contributed by atoms with Gasteiger partial charge in [-0.25, -0.2) is 0 Å². The molecule has 2 rings (SSSR count). The van der Waals surface area contributed by atoms with Crippen LogP contribution in [0.25, 0.3) is 0 Å². The predicted octanol–water partition coefficient (Wildman–Crippen LogP) is 0.998. The van der Waals surface area contributed by atoms with Crippen LogP contribution in [0.5, 0.6) is 0 Å². The molecule has 0 aliphatic rings. The summed E-state index contributed by atoms with van der Waals surface area (Å²) in [6.45, 7) is 3.64. The number of hydrogen-bond donors (Lipinski definition) is 1. The van der Waals surface area contributed by atoms with E-state index in [1.165, 1.54) is 11.5 Å². The summed E-state index contributed by atoms with van der Waals surface area (Å²) in [5, 5.41) is 15.9. The Morgan fingerprint density at radius 2 is 1.81 bits per heavy atom. The first-order chi connectivity index (χ1) is 7.69. The van der Waals surface area contributed by atoms with Crippen molar-refractivity contribution in [1.82, 2.24) is 19.2 Å². The van der Waals surface area contributed by atoms with Gasteiger partial charge in [0.05, 0.1) is 22.9 Å². The zero-order valence-corrected chi connectivity index (χ0v) is 10.4. The van der Waals surface area contributed by atoms with Gasteiger partial charge >= 0.3 is 0 Å². The van der Waals surface area contributed by atoms with Crippen LogP contribution >= 0.6 is 23.1 Å². The average molecular weight is 258 g/mol. The van der Waals surface area contributed by atoms with E-state index >= 15 is 0 Å². The standard InChI is InChI=1S/C4H6N2OS.C4H4N2OS/c2*1-3-4(2-7)8-6-5-3/h7H,2H2,1H3;2H,1H3. The van der Waals surface area contributed by atoms with Gasteiger partial charge in [-0.2, -0.15) is 0 Å². The average Bonchev–Trinajstić information content (AvgIpc) is 2.87. The van der Waals surface area contributed by atoms with E-state index in [1.54, 1.807) is 6.92 Å². The van der Waals surface area contributed by atoms with Gasteiger partial charge in [-0.05, 0) is 36.9 Å². The van der Waals surface area contributed by atoms with Gasteiger partial charge in [-0.1, -0.05) is 8.98 Å². The van der Waals surface area contributed by atoms with Crippen molar-refractivity contribution < 1.29 is 9.90 Å². The SMILES string of the molecule is Cc1nnsc1C=O.Cc1nnsc1CO. The lowest BCUT2D eigenvalue weighted by atomic mass is 10.4. The van der Waals surface area contributed by atoms with E-state index in [0.717, 1.165) is 28.4 Å². The van der Waals surface area contributed by atoms with E-state index in [4.69, 9.17) is 5.11 Å². The molecule has 2 aromatic heterocycles. The van der Waals surface area contributed by atoms with Gasteiger partial charge in [-0.3, -0.25) is 4.79 Å². The fourth-order valence-corrected chi connectivity index (χ4v) is 1.70. The summed E-state index contributed by atoms with van der Waals surface area (Å²) in [5.74, 6) is 0. The molecule has 0 aromatic carbocycles. The second-order valence-electron chi connectivity index (χ2n) is 2.78. The van der Waals surface area contributed by atoms with Crippen molar-refractivity contribution in [3.63, 3.8) is 0 Å². The zero-order valence-electron chi connectivity index (χ0n) is 8.75. The smallest absolute Gasteiger partial charge is 0.163 e. The van der Waals surface area contributed by atoms with Gasteiger partial charge in [0.15, 0.2) is 6.29 Å². The molecule has 0 bridgehead atoms. The minimum Gasteiger partial charge on any atom is -0.391 e. The summed E-state index contributed by atoms with van der Waals surface area (Å²) in [5.41, 5.74) is 1.54. The van der Waals surface area contributed by atoms with E-state index < -0.39 is 0 Å². The molecule has 0 saturated carbocycles. The third-order valence-corrected chi connectivity index (χ3v) is 3.24. The monoisotopic (exact) mass is 258 g/mol. The van der Waals surface area contributed by atoms with Crippen LogP contribution in [0.3, 0.4) is 0 Å². The molecule has 0 radical (unpaired) electrons. The Morgan fingerprint density at radius 1 is 1.19 bits per heavy atom. The number of aromatic nitrogens is 4. The number of hydrogen-bond acceptors (Lipinski definition) is 8. The van der Waals surface area contributed by atoms with Gasteiger partial charge in [0, 0.05) is 0 Å². The van der Waals surface area contributed by atoms with E-state index in [-0.39, 0.29) is 6.61 Å². The number of carbonyl (C=O) groups is 1. The number of aldehydes is 1. The molecule has 0 aliphatic heterocycles. The Hall–Kier alpha value is -1.25. The number of nitrogens with zero attached hydrogens (tertiary/aromatic N) is 4. The van der Waals surface area contributed by atoms with Gasteiger partial charge in [0.25, 0.3) is 0 Å². The Balaban J connectivity index is 0.000000160. The van der Waals surface area contributed by atoms with Crippen molar-refractivity contribution in [3.05, 3.63) is 21.1 Å². The molecule has 2 aromatic rings. The summed E-state index contributed by atoms with van der Waals surface area (Å²) in [6.07, 6.45) is 0.764. The highest BCUT2D eigenvalue weighted by molar-refractivity contribution is 7.07. The van der Waals surface area contributed by atoms with Crippen molar-refractivity contribution in [1.29, 1.82) is 0 Å². The van der Waals surface area contributed by atoms with Gasteiger partial charge in [-0.15, -0.1) is 10.2 Å². The lowest BCUT2D eigenvalue weighted by Gasteiger charge is -1.82. The molecule has 0 atom stereocenters. The maximum atomic E-state index is 10.0. The molecule has 0 amide bonds. The van der Waals surface area contributed by atoms with Crippen molar-refractivity contribution >= 4 is 29.4 Å². The highest BCUT2D eigenvalue weighted by Crippen LogP contribution is 2.07. The third kappa shape index (κ3) is 3.40. The maximum Gasteiger partial charge on any atom is 0.163 e. The zero-order chi connectivity index (χ0) is 12.0. The molecule has 0 saturated heterocycles. The van der Waals surface area contributed by atoms with E-state index in [0.29, 0.717) is 10.6 Å². The van der Waals surface area contributed by atoms with Crippen LogP contribution in [0.4, 0.5) is 0 Å². The molecule has 16 heavy (non-hydrogen) atoms. The lowest BCUT2D eigenvalue weighted by molar-refractivity contribution is 0.112. The van der Waals surface area contributed by atoms with Crippen molar-refractivity contribution in [2.24, 2.45) is 0 Å². The van der Waals surface area contributed by atoms with Gasteiger partial charge < -0.3 is 5.11 Å². The van der Waals surface area contributed by atoms with E-state index in [9.17, 15) is 4.79 Å². The summed E-state index contributed by atoms with van der Waals surface area (Å²) in [6, 6.07) is 0. The number of carbonyl (C=O) groups excluding carboxylic acids is 1. The molecule has 86 valence electrons. The minimum absolute atomic E-state index is 0.0590. The molecule has 0 fully saturated rings. The number of aliphatic hydroxyl groups excluding tert-OH is 1. The summed E-state index contributed by atoms with van der Waals surface area (Å²) in [4.78, 5) is 11.5. The van der Waals surface area contributed by atoms with Crippen LogP contribution in [0, 0.1) is 13.8 Å². The molecule has 0 aliphatic carbocycles. The van der Waals surface area contributed by atoms with E-state index in [2.05, 4.69) is 19.2 Å². The topological polar surface area (TPSA) is 88.9 Å². The first kappa shape index (κ1) is 12.8. The second kappa shape index (κ2) is 6.36. The quantitative estimate of drug-likeness (QED) is 0.808. The van der Waals surface area contributed by atoms with Crippen molar-refractivity contribution in [2.75, 3.05) is 0 Å². The molecule has 2 heterocycles. The Kier molecular flexibility index (Phi) is 5.09. The second-order valence-corrected chi connectivity index (χ2v) is 4.40. The Labute approximate surface area is 100 Å². The first-order valence-corrected chi connectivity index (χ1v) is 5.86. The summed E-state index contributed by atoms with van der Waals surface area (Å²) in [7, 11) is 0. The fourth-order valence-electron chi connectivity index (χ4n) is 0.744. The van der Waals surface area contributed by atoms with E-state index in [1.807, 2.05) is 6.92 Å². The lowest BCUT2D eigenvalue weighted by Crippen LogP contribution is -1.79.